The smallest absolute Gasteiger partial charge is 0.213 e. The van der Waals surface area contributed by atoms with Gasteiger partial charge in [-0.25, -0.2) is 9.37 Å². The van der Waals surface area contributed by atoms with E-state index >= 15 is 0 Å². The molecule has 2 rings (SSSR count). The zero-order valence-electron chi connectivity index (χ0n) is 12.2. The number of unbranched alkanes of at least 4 members (excludes halogenated alkanes) is 1. The number of aldehydes is 1. The third-order valence-electron chi connectivity index (χ3n) is 3.24. The van der Waals surface area contributed by atoms with E-state index in [1.165, 1.54) is 12.1 Å². The zero-order valence-corrected chi connectivity index (χ0v) is 12.2. The monoisotopic (exact) mass is 287 g/mol. The first-order chi connectivity index (χ1) is 10.2. The van der Waals surface area contributed by atoms with Gasteiger partial charge in [0.05, 0.1) is 12.2 Å². The minimum absolute atomic E-state index is 0.0511. The summed E-state index contributed by atoms with van der Waals surface area (Å²) in [5, 5.41) is 0. The Kier molecular flexibility index (Phi) is 5.04. The van der Waals surface area contributed by atoms with Crippen LogP contribution in [0.15, 0.2) is 30.3 Å². The molecule has 0 atom stereocenters. The summed E-state index contributed by atoms with van der Waals surface area (Å²) in [6.45, 7) is 4.62. The van der Waals surface area contributed by atoms with Gasteiger partial charge in [-0.15, -0.1) is 0 Å². The Labute approximate surface area is 123 Å². The molecule has 4 heteroatoms. The van der Waals surface area contributed by atoms with Crippen molar-refractivity contribution in [2.45, 2.75) is 26.7 Å². The predicted octanol–water partition coefficient (Wildman–Crippen LogP) is 4.19. The van der Waals surface area contributed by atoms with Crippen LogP contribution in [0.4, 0.5) is 4.39 Å². The number of carbonyl (C=O) groups is 1. The lowest BCUT2D eigenvalue weighted by molar-refractivity contribution is 0.112. The molecule has 0 bridgehead atoms. The van der Waals surface area contributed by atoms with Gasteiger partial charge in [0.25, 0.3) is 0 Å². The minimum atomic E-state index is -0.515. The summed E-state index contributed by atoms with van der Waals surface area (Å²) in [5.74, 6) is 0.0707. The Morgan fingerprint density at radius 1 is 1.29 bits per heavy atom. The van der Waals surface area contributed by atoms with Gasteiger partial charge in [-0.1, -0.05) is 19.4 Å². The number of pyridine rings is 1. The van der Waals surface area contributed by atoms with Crippen molar-refractivity contribution in [1.29, 1.82) is 0 Å². The Bertz CT molecular complexity index is 641. The quantitative estimate of drug-likeness (QED) is 0.591. The normalized spacial score (nSPS) is 10.4. The minimum Gasteiger partial charge on any atom is -0.478 e. The lowest BCUT2D eigenvalue weighted by Gasteiger charge is -2.09. The molecular formula is C17H18FNO2. The van der Waals surface area contributed by atoms with Crippen LogP contribution in [0.5, 0.6) is 5.88 Å². The van der Waals surface area contributed by atoms with E-state index in [4.69, 9.17) is 4.74 Å². The van der Waals surface area contributed by atoms with Crippen molar-refractivity contribution in [2.75, 3.05) is 6.61 Å². The number of hydrogen-bond acceptors (Lipinski definition) is 3. The van der Waals surface area contributed by atoms with Gasteiger partial charge < -0.3 is 4.74 Å². The Hall–Kier alpha value is -2.23. The molecule has 0 aliphatic heterocycles. The van der Waals surface area contributed by atoms with Gasteiger partial charge in [0, 0.05) is 17.3 Å². The molecule has 110 valence electrons. The van der Waals surface area contributed by atoms with E-state index in [1.54, 1.807) is 12.1 Å². The molecule has 21 heavy (non-hydrogen) atoms. The van der Waals surface area contributed by atoms with Crippen LogP contribution in [0, 0.1) is 12.7 Å². The maximum atomic E-state index is 13.4. The number of ether oxygens (including phenoxy) is 1. The first-order valence-corrected chi connectivity index (χ1v) is 7.01. The van der Waals surface area contributed by atoms with E-state index in [0.29, 0.717) is 18.8 Å². The molecular weight excluding hydrogens is 269 g/mol. The van der Waals surface area contributed by atoms with E-state index in [-0.39, 0.29) is 5.56 Å². The van der Waals surface area contributed by atoms with Gasteiger partial charge in [-0.2, -0.15) is 0 Å². The van der Waals surface area contributed by atoms with Crippen molar-refractivity contribution in [3.8, 4) is 17.0 Å². The number of hydrogen-bond donors (Lipinski definition) is 0. The van der Waals surface area contributed by atoms with Crippen LogP contribution in [0.25, 0.3) is 11.1 Å². The second-order valence-corrected chi connectivity index (χ2v) is 4.84. The molecule has 0 saturated carbocycles. The van der Waals surface area contributed by atoms with Crippen molar-refractivity contribution >= 4 is 6.29 Å². The molecule has 0 aliphatic carbocycles. The molecule has 3 nitrogen and oxygen atoms in total. The molecule has 0 fully saturated rings. The second-order valence-electron chi connectivity index (χ2n) is 4.84. The van der Waals surface area contributed by atoms with Gasteiger partial charge in [0.15, 0.2) is 6.29 Å². The zero-order chi connectivity index (χ0) is 15.2. The molecule has 1 heterocycles. The van der Waals surface area contributed by atoms with Gasteiger partial charge in [-0.05, 0) is 37.1 Å². The van der Waals surface area contributed by atoms with Crippen LogP contribution < -0.4 is 4.74 Å². The fraction of sp³-hybridized carbons (Fsp3) is 0.294. The van der Waals surface area contributed by atoms with Gasteiger partial charge in [-0.3, -0.25) is 4.79 Å². The summed E-state index contributed by atoms with van der Waals surface area (Å²) >= 11 is 0. The van der Waals surface area contributed by atoms with Crippen molar-refractivity contribution < 1.29 is 13.9 Å². The Balaban J connectivity index is 2.26. The molecule has 0 aliphatic rings. The molecule has 1 aromatic heterocycles. The van der Waals surface area contributed by atoms with E-state index in [1.807, 2.05) is 13.0 Å². The highest BCUT2D eigenvalue weighted by Gasteiger charge is 2.08. The number of nitrogens with zero attached hydrogens (tertiary/aromatic N) is 1. The van der Waals surface area contributed by atoms with Crippen molar-refractivity contribution in [3.63, 3.8) is 0 Å². The number of carbonyl (C=O) groups excluding carboxylic acids is 1. The number of aryl methyl sites for hydroxylation is 1. The standard InChI is InChI=1S/C17H18FNO2/c1-3-4-9-21-17-8-6-15(12(2)19-17)13-5-7-16(18)14(10-13)11-20/h5-8,10-11H,3-4,9H2,1-2H3. The van der Waals surface area contributed by atoms with Crippen LogP contribution in [0.1, 0.15) is 35.8 Å². The highest BCUT2D eigenvalue weighted by atomic mass is 19.1. The van der Waals surface area contributed by atoms with Gasteiger partial charge >= 0.3 is 0 Å². The lowest BCUT2D eigenvalue weighted by atomic mass is 10.0. The summed E-state index contributed by atoms with van der Waals surface area (Å²) in [7, 11) is 0. The van der Waals surface area contributed by atoms with Crippen LogP contribution in [-0.4, -0.2) is 17.9 Å². The fourth-order valence-electron chi connectivity index (χ4n) is 2.05. The summed E-state index contributed by atoms with van der Waals surface area (Å²) in [5.41, 5.74) is 2.46. The molecule has 0 unspecified atom stereocenters. The first kappa shape index (κ1) is 15.2. The highest BCUT2D eigenvalue weighted by molar-refractivity contribution is 5.79. The second kappa shape index (κ2) is 6.97. The van der Waals surface area contributed by atoms with Crippen LogP contribution >= 0.6 is 0 Å². The van der Waals surface area contributed by atoms with E-state index in [0.717, 1.165) is 29.7 Å². The topological polar surface area (TPSA) is 39.2 Å². The third-order valence-corrected chi connectivity index (χ3v) is 3.24. The van der Waals surface area contributed by atoms with Crippen molar-refractivity contribution in [2.24, 2.45) is 0 Å². The molecule has 0 N–H and O–H groups in total. The number of benzene rings is 1. The molecule has 1 aromatic carbocycles. The molecule has 2 aromatic rings. The summed E-state index contributed by atoms with van der Waals surface area (Å²) in [6, 6.07) is 8.14. The van der Waals surface area contributed by atoms with E-state index in [9.17, 15) is 9.18 Å². The van der Waals surface area contributed by atoms with Crippen molar-refractivity contribution in [3.05, 3.63) is 47.4 Å². The lowest BCUT2D eigenvalue weighted by Crippen LogP contribution is -2.00. The maximum absolute atomic E-state index is 13.4. The van der Waals surface area contributed by atoms with E-state index < -0.39 is 5.82 Å². The third kappa shape index (κ3) is 3.66. The average Bonchev–Trinajstić information content (AvgIpc) is 2.48. The maximum Gasteiger partial charge on any atom is 0.213 e. The predicted molar refractivity (Wildman–Crippen MR) is 80.2 cm³/mol. The first-order valence-electron chi connectivity index (χ1n) is 7.01. The molecule has 0 radical (unpaired) electrons. The van der Waals surface area contributed by atoms with Crippen molar-refractivity contribution in [1.82, 2.24) is 4.98 Å². The fourth-order valence-corrected chi connectivity index (χ4v) is 2.05. The van der Waals surface area contributed by atoms with Gasteiger partial charge in [0.1, 0.15) is 5.82 Å². The van der Waals surface area contributed by atoms with Crippen LogP contribution in [0.2, 0.25) is 0 Å². The summed E-state index contributed by atoms with van der Waals surface area (Å²) in [4.78, 5) is 15.2. The number of halogens is 1. The Morgan fingerprint density at radius 2 is 2.10 bits per heavy atom. The molecule has 0 amide bonds. The van der Waals surface area contributed by atoms with Crippen LogP contribution in [0.3, 0.4) is 0 Å². The summed E-state index contributed by atoms with van der Waals surface area (Å²) in [6.07, 6.45) is 2.58. The Morgan fingerprint density at radius 3 is 2.76 bits per heavy atom. The molecule has 0 spiro atoms. The van der Waals surface area contributed by atoms with Crippen LogP contribution in [-0.2, 0) is 0 Å². The number of aromatic nitrogens is 1. The van der Waals surface area contributed by atoms with Gasteiger partial charge in [0.2, 0.25) is 5.88 Å². The average molecular weight is 287 g/mol. The molecule has 0 saturated heterocycles. The highest BCUT2D eigenvalue weighted by Crippen LogP contribution is 2.25. The largest absolute Gasteiger partial charge is 0.478 e. The SMILES string of the molecule is CCCCOc1ccc(-c2ccc(F)c(C=O)c2)c(C)n1. The summed E-state index contributed by atoms with van der Waals surface area (Å²) < 4.78 is 18.9. The number of rotatable bonds is 6. The van der Waals surface area contributed by atoms with E-state index in [2.05, 4.69) is 11.9 Å².